The molecule has 4 atom stereocenters. The maximum Gasteiger partial charge on any atom is 0.330 e. The molecule has 1 amide bonds. The summed E-state index contributed by atoms with van der Waals surface area (Å²) < 4.78 is 6.48. The molecule has 10 heteroatoms. The number of aliphatic hydroxyl groups is 2. The fourth-order valence-corrected chi connectivity index (χ4v) is 3.29. The topological polar surface area (TPSA) is 137 Å². The highest BCUT2D eigenvalue weighted by molar-refractivity contribution is 5.87. The number of likely N-dealkylation sites (tertiary alicyclic amines) is 1. The van der Waals surface area contributed by atoms with E-state index in [4.69, 9.17) is 4.74 Å². The molecule has 2 aliphatic rings. The molecule has 3 heterocycles. The number of hydrogen-bond donors (Lipinski definition) is 4. The maximum absolute atomic E-state index is 11.9. The summed E-state index contributed by atoms with van der Waals surface area (Å²) in [6.07, 6.45) is 1.30. The van der Waals surface area contributed by atoms with E-state index in [0.29, 0.717) is 6.54 Å². The Morgan fingerprint density at radius 1 is 1.30 bits per heavy atom. The number of ether oxygens (including phenoxy) is 1. The normalized spacial score (nSPS) is 28.8. The SMILES string of the molecule is O=C(/C=C/[C@H]1O[C@@H](n2ccc(=O)[nH]c2=O)[C@H](O)[C@@H]1O)NCCN1CCCC1. The molecule has 0 aromatic carbocycles. The molecule has 4 N–H and O–H groups in total. The van der Waals surface area contributed by atoms with Crippen molar-refractivity contribution in [3.63, 3.8) is 0 Å². The predicted octanol–water partition coefficient (Wildman–Crippen LogP) is -2.08. The largest absolute Gasteiger partial charge is 0.387 e. The molecule has 2 aliphatic heterocycles. The molecule has 27 heavy (non-hydrogen) atoms. The first-order chi connectivity index (χ1) is 13.0. The van der Waals surface area contributed by atoms with E-state index in [9.17, 15) is 24.6 Å². The lowest BCUT2D eigenvalue weighted by atomic mass is 10.1. The minimum Gasteiger partial charge on any atom is -0.387 e. The summed E-state index contributed by atoms with van der Waals surface area (Å²) in [6, 6.07) is 1.11. The van der Waals surface area contributed by atoms with E-state index in [2.05, 4.69) is 15.2 Å². The van der Waals surface area contributed by atoms with Gasteiger partial charge in [0.1, 0.15) is 18.3 Å². The zero-order valence-electron chi connectivity index (χ0n) is 14.8. The van der Waals surface area contributed by atoms with Gasteiger partial charge in [-0.2, -0.15) is 0 Å². The minimum absolute atomic E-state index is 0.329. The molecule has 0 aliphatic carbocycles. The first-order valence-corrected chi connectivity index (χ1v) is 8.97. The lowest BCUT2D eigenvalue weighted by Crippen LogP contribution is -2.37. The van der Waals surface area contributed by atoms with Gasteiger partial charge in [0.2, 0.25) is 5.91 Å². The van der Waals surface area contributed by atoms with Crippen LogP contribution in [0.2, 0.25) is 0 Å². The highest BCUT2D eigenvalue weighted by Crippen LogP contribution is 2.28. The van der Waals surface area contributed by atoms with Crippen molar-refractivity contribution in [2.75, 3.05) is 26.2 Å². The molecular formula is C17H24N4O6. The lowest BCUT2D eigenvalue weighted by molar-refractivity contribution is -0.116. The van der Waals surface area contributed by atoms with Crippen molar-refractivity contribution in [1.29, 1.82) is 0 Å². The molecule has 0 saturated carbocycles. The fourth-order valence-electron chi connectivity index (χ4n) is 3.29. The molecule has 148 valence electrons. The van der Waals surface area contributed by atoms with Gasteiger partial charge in [-0.25, -0.2) is 4.79 Å². The number of hydrogen-bond acceptors (Lipinski definition) is 7. The van der Waals surface area contributed by atoms with Crippen LogP contribution in [0.4, 0.5) is 0 Å². The standard InChI is InChI=1S/C17H24N4O6/c22-12(18-6-10-20-7-1-2-8-20)4-3-11-14(24)15(25)16(27-11)21-9-5-13(23)19-17(21)26/h3-5,9,11,14-16,24-25H,1-2,6-8,10H2,(H,18,22)(H,19,23,26)/b4-3+/t11-,14-,15-,16-/m1/s1. The highest BCUT2D eigenvalue weighted by Gasteiger charge is 2.42. The Balaban J connectivity index is 1.55. The second-order valence-electron chi connectivity index (χ2n) is 6.69. The first-order valence-electron chi connectivity index (χ1n) is 8.97. The van der Waals surface area contributed by atoms with Crippen LogP contribution in [0.5, 0.6) is 0 Å². The minimum atomic E-state index is -1.39. The molecule has 0 radical (unpaired) electrons. The first kappa shape index (κ1) is 19.5. The summed E-state index contributed by atoms with van der Waals surface area (Å²) in [6.45, 7) is 3.42. The third kappa shape index (κ3) is 4.72. The second-order valence-corrected chi connectivity index (χ2v) is 6.69. The zero-order chi connectivity index (χ0) is 19.4. The molecule has 2 fully saturated rings. The van der Waals surface area contributed by atoms with E-state index >= 15 is 0 Å². The van der Waals surface area contributed by atoms with Gasteiger partial charge in [-0.15, -0.1) is 0 Å². The van der Waals surface area contributed by atoms with Crippen molar-refractivity contribution in [3.8, 4) is 0 Å². The van der Waals surface area contributed by atoms with Gasteiger partial charge in [-0.1, -0.05) is 0 Å². The average Bonchev–Trinajstić information content (AvgIpc) is 3.24. The Bertz CT molecular complexity index is 797. The van der Waals surface area contributed by atoms with Crippen LogP contribution in [-0.4, -0.2) is 75.1 Å². The van der Waals surface area contributed by atoms with Gasteiger partial charge in [0.25, 0.3) is 5.56 Å². The van der Waals surface area contributed by atoms with Crippen LogP contribution in [0.25, 0.3) is 0 Å². The van der Waals surface area contributed by atoms with Crippen LogP contribution in [-0.2, 0) is 9.53 Å². The van der Waals surface area contributed by atoms with Crippen molar-refractivity contribution in [3.05, 3.63) is 45.3 Å². The predicted molar refractivity (Wildman–Crippen MR) is 95.1 cm³/mol. The number of rotatable bonds is 6. The molecule has 0 spiro atoms. The third-order valence-electron chi connectivity index (χ3n) is 4.76. The fraction of sp³-hybridized carbons (Fsp3) is 0.588. The smallest absolute Gasteiger partial charge is 0.330 e. The number of nitrogens with one attached hydrogen (secondary N) is 2. The summed E-state index contributed by atoms with van der Waals surface area (Å²) in [7, 11) is 0. The Kier molecular flexibility index (Phi) is 6.22. The summed E-state index contributed by atoms with van der Waals surface area (Å²) in [5.41, 5.74) is -1.34. The number of aliphatic hydroxyl groups excluding tert-OH is 2. The Morgan fingerprint density at radius 3 is 2.74 bits per heavy atom. The molecule has 3 rings (SSSR count). The van der Waals surface area contributed by atoms with E-state index in [1.807, 2.05) is 0 Å². The molecule has 10 nitrogen and oxygen atoms in total. The van der Waals surface area contributed by atoms with Crippen molar-refractivity contribution in [2.45, 2.75) is 37.4 Å². The van der Waals surface area contributed by atoms with Gasteiger partial charge >= 0.3 is 5.69 Å². The van der Waals surface area contributed by atoms with Gasteiger partial charge in [0.15, 0.2) is 6.23 Å². The average molecular weight is 380 g/mol. The second kappa shape index (κ2) is 8.61. The van der Waals surface area contributed by atoms with Crippen LogP contribution in [0.1, 0.15) is 19.1 Å². The van der Waals surface area contributed by atoms with E-state index in [1.54, 1.807) is 0 Å². The van der Waals surface area contributed by atoms with Crippen molar-refractivity contribution in [2.24, 2.45) is 0 Å². The Hall–Kier alpha value is -2.27. The van der Waals surface area contributed by atoms with Gasteiger partial charge in [-0.05, 0) is 32.0 Å². The van der Waals surface area contributed by atoms with Crippen molar-refractivity contribution in [1.82, 2.24) is 19.8 Å². The third-order valence-corrected chi connectivity index (χ3v) is 4.76. The van der Waals surface area contributed by atoms with Gasteiger partial charge in [-0.3, -0.25) is 19.1 Å². The van der Waals surface area contributed by atoms with Crippen LogP contribution in [0, 0.1) is 0 Å². The summed E-state index contributed by atoms with van der Waals surface area (Å²) in [4.78, 5) is 39.2. The summed E-state index contributed by atoms with van der Waals surface area (Å²) in [5.74, 6) is -0.329. The van der Waals surface area contributed by atoms with Crippen molar-refractivity contribution < 1.29 is 19.7 Å². The van der Waals surface area contributed by atoms with E-state index in [1.165, 1.54) is 31.2 Å². The molecule has 1 aromatic rings. The summed E-state index contributed by atoms with van der Waals surface area (Å²) in [5, 5.41) is 23.0. The van der Waals surface area contributed by atoms with E-state index < -0.39 is 35.8 Å². The zero-order valence-corrected chi connectivity index (χ0v) is 14.8. The van der Waals surface area contributed by atoms with Crippen molar-refractivity contribution >= 4 is 5.91 Å². The van der Waals surface area contributed by atoms with Crippen LogP contribution in [0.3, 0.4) is 0 Å². The number of H-pyrrole nitrogens is 1. The number of carbonyl (C=O) groups is 1. The lowest BCUT2D eigenvalue weighted by Gasteiger charge is -2.16. The molecule has 1 aromatic heterocycles. The van der Waals surface area contributed by atoms with Crippen LogP contribution in [0.15, 0.2) is 34.0 Å². The molecule has 0 unspecified atom stereocenters. The van der Waals surface area contributed by atoms with Gasteiger partial charge in [0.05, 0.1) is 0 Å². The monoisotopic (exact) mass is 380 g/mol. The number of aromatic nitrogens is 2. The molecular weight excluding hydrogens is 356 g/mol. The Morgan fingerprint density at radius 2 is 2.04 bits per heavy atom. The molecule has 0 bridgehead atoms. The number of aromatic amines is 1. The Labute approximate surface area is 155 Å². The number of nitrogens with zero attached hydrogens (tertiary/aromatic N) is 2. The quantitative estimate of drug-likeness (QED) is 0.416. The van der Waals surface area contributed by atoms with E-state index in [-0.39, 0.29) is 5.91 Å². The van der Waals surface area contributed by atoms with Gasteiger partial charge in [0, 0.05) is 31.4 Å². The van der Waals surface area contributed by atoms with Gasteiger partial charge < -0.3 is 25.2 Å². The molecule has 2 saturated heterocycles. The number of carbonyl (C=O) groups excluding carboxylic acids is 1. The van der Waals surface area contributed by atoms with Crippen LogP contribution >= 0.6 is 0 Å². The number of amides is 1. The highest BCUT2D eigenvalue weighted by atomic mass is 16.6. The maximum atomic E-state index is 11.9. The van der Waals surface area contributed by atoms with Crippen LogP contribution < -0.4 is 16.6 Å². The summed E-state index contributed by atoms with van der Waals surface area (Å²) >= 11 is 0. The van der Waals surface area contributed by atoms with E-state index in [0.717, 1.165) is 30.3 Å².